The van der Waals surface area contributed by atoms with Gasteiger partial charge >= 0.3 is 6.03 Å². The van der Waals surface area contributed by atoms with E-state index in [4.69, 9.17) is 11.6 Å². The van der Waals surface area contributed by atoms with Crippen molar-refractivity contribution in [2.75, 3.05) is 32.8 Å². The first-order chi connectivity index (χ1) is 12.3. The fraction of sp³-hybridized carbons (Fsp3) is 0.600. The summed E-state index contributed by atoms with van der Waals surface area (Å²) in [6.45, 7) is 3.66. The first kappa shape index (κ1) is 19.6. The number of piperazine rings is 1. The highest BCUT2D eigenvalue weighted by atomic mass is 35.5. The molecule has 1 N–H and O–H groups in total. The van der Waals surface area contributed by atoms with Crippen molar-refractivity contribution < 1.29 is 18.0 Å². The van der Waals surface area contributed by atoms with E-state index in [1.165, 1.54) is 15.3 Å². The SMILES string of the molecule is CCC[C@@H]1NC(=O)N(CN2CCN(S(=O)(=O)c3ccc(Cl)s3)CC2)C1=O. The minimum absolute atomic E-state index is 0.184. The molecule has 2 saturated heterocycles. The molecule has 11 heteroatoms. The van der Waals surface area contributed by atoms with E-state index in [1.54, 1.807) is 6.07 Å². The van der Waals surface area contributed by atoms with E-state index in [9.17, 15) is 18.0 Å². The Kier molecular flexibility index (Phi) is 5.88. The maximum atomic E-state index is 12.6. The molecule has 1 aromatic rings. The van der Waals surface area contributed by atoms with Crippen LogP contribution in [0.3, 0.4) is 0 Å². The largest absolute Gasteiger partial charge is 0.326 e. The van der Waals surface area contributed by atoms with Crippen molar-refractivity contribution in [3.8, 4) is 0 Å². The van der Waals surface area contributed by atoms with Crippen LogP contribution in [0.15, 0.2) is 16.3 Å². The lowest BCUT2D eigenvalue weighted by molar-refractivity contribution is -0.129. The van der Waals surface area contributed by atoms with Crippen molar-refractivity contribution >= 4 is 44.9 Å². The molecule has 3 rings (SSSR count). The van der Waals surface area contributed by atoms with E-state index in [0.717, 1.165) is 17.8 Å². The number of halogens is 1. The number of rotatable bonds is 6. The summed E-state index contributed by atoms with van der Waals surface area (Å²) in [4.78, 5) is 27.4. The molecule has 0 radical (unpaired) electrons. The van der Waals surface area contributed by atoms with Crippen molar-refractivity contribution in [2.24, 2.45) is 0 Å². The molecule has 3 amide bonds. The average molecular weight is 421 g/mol. The zero-order chi connectivity index (χ0) is 18.9. The van der Waals surface area contributed by atoms with Crippen molar-refractivity contribution in [3.05, 3.63) is 16.5 Å². The third-order valence-corrected chi connectivity index (χ3v) is 8.10. The van der Waals surface area contributed by atoms with Crippen LogP contribution in [0.2, 0.25) is 4.34 Å². The highest BCUT2D eigenvalue weighted by Crippen LogP contribution is 2.28. The van der Waals surface area contributed by atoms with Crippen LogP contribution in [0.4, 0.5) is 4.79 Å². The van der Waals surface area contributed by atoms with Gasteiger partial charge in [-0.25, -0.2) is 18.1 Å². The lowest BCUT2D eigenvalue weighted by Crippen LogP contribution is -2.52. The Morgan fingerprint density at radius 1 is 1.23 bits per heavy atom. The van der Waals surface area contributed by atoms with E-state index in [-0.39, 0.29) is 22.8 Å². The minimum atomic E-state index is -3.55. The number of sulfonamides is 1. The van der Waals surface area contributed by atoms with Gasteiger partial charge in [-0.1, -0.05) is 24.9 Å². The number of nitrogens with one attached hydrogen (secondary N) is 1. The van der Waals surface area contributed by atoms with Gasteiger partial charge in [0, 0.05) is 26.2 Å². The third kappa shape index (κ3) is 3.89. The molecule has 0 saturated carbocycles. The molecule has 0 spiro atoms. The number of imide groups is 1. The topological polar surface area (TPSA) is 90.0 Å². The van der Waals surface area contributed by atoms with Gasteiger partial charge in [0.2, 0.25) is 0 Å². The molecule has 2 fully saturated rings. The van der Waals surface area contributed by atoms with Gasteiger partial charge in [0.15, 0.2) is 0 Å². The second-order valence-corrected chi connectivity index (χ2v) is 10.2. The molecule has 2 aliphatic heterocycles. The lowest BCUT2D eigenvalue weighted by Gasteiger charge is -2.34. The van der Waals surface area contributed by atoms with E-state index in [2.05, 4.69) is 5.32 Å². The second-order valence-electron chi connectivity index (χ2n) is 6.28. The fourth-order valence-electron chi connectivity index (χ4n) is 3.07. The Morgan fingerprint density at radius 3 is 2.50 bits per heavy atom. The number of urea groups is 1. The summed E-state index contributed by atoms with van der Waals surface area (Å²) >= 11 is 6.87. The molecule has 2 aliphatic rings. The molecule has 1 atom stereocenters. The maximum absolute atomic E-state index is 12.6. The van der Waals surface area contributed by atoms with E-state index < -0.39 is 16.1 Å². The van der Waals surface area contributed by atoms with Gasteiger partial charge in [-0.3, -0.25) is 9.69 Å². The number of hydrogen-bond acceptors (Lipinski definition) is 6. The number of carbonyl (C=O) groups excluding carboxylic acids is 2. The van der Waals surface area contributed by atoms with Crippen LogP contribution < -0.4 is 5.32 Å². The number of nitrogens with zero attached hydrogens (tertiary/aromatic N) is 3. The molecule has 0 unspecified atom stereocenters. The molecule has 8 nitrogen and oxygen atoms in total. The molecule has 0 aliphatic carbocycles. The summed E-state index contributed by atoms with van der Waals surface area (Å²) in [6, 6.07) is 2.25. The van der Waals surface area contributed by atoms with Crippen molar-refractivity contribution in [1.29, 1.82) is 0 Å². The summed E-state index contributed by atoms with van der Waals surface area (Å²) in [7, 11) is -3.55. The predicted octanol–water partition coefficient (Wildman–Crippen LogP) is 1.39. The monoisotopic (exact) mass is 420 g/mol. The van der Waals surface area contributed by atoms with Gasteiger partial charge in [0.1, 0.15) is 10.3 Å². The van der Waals surface area contributed by atoms with Gasteiger partial charge in [0.05, 0.1) is 11.0 Å². The lowest BCUT2D eigenvalue weighted by atomic mass is 10.2. The summed E-state index contributed by atoms with van der Waals surface area (Å²) in [6.07, 6.45) is 1.43. The molecule has 26 heavy (non-hydrogen) atoms. The zero-order valence-corrected chi connectivity index (χ0v) is 16.7. The Hall–Kier alpha value is -1.20. The average Bonchev–Trinajstić information content (AvgIpc) is 3.15. The summed E-state index contributed by atoms with van der Waals surface area (Å²) in [5.41, 5.74) is 0. The smallest absolute Gasteiger partial charge is 0.325 e. The second kappa shape index (κ2) is 7.81. The van der Waals surface area contributed by atoms with Crippen LogP contribution in [0.1, 0.15) is 19.8 Å². The van der Waals surface area contributed by atoms with Crippen LogP contribution in [0, 0.1) is 0 Å². The van der Waals surface area contributed by atoms with Crippen LogP contribution in [-0.2, 0) is 14.8 Å². The number of carbonyl (C=O) groups is 2. The van der Waals surface area contributed by atoms with Crippen LogP contribution >= 0.6 is 22.9 Å². The van der Waals surface area contributed by atoms with Crippen LogP contribution in [0.25, 0.3) is 0 Å². The van der Waals surface area contributed by atoms with Crippen molar-refractivity contribution in [2.45, 2.75) is 30.0 Å². The van der Waals surface area contributed by atoms with Gasteiger partial charge in [-0.2, -0.15) is 4.31 Å². The van der Waals surface area contributed by atoms with Crippen molar-refractivity contribution in [3.63, 3.8) is 0 Å². The Morgan fingerprint density at radius 2 is 1.92 bits per heavy atom. The molecular weight excluding hydrogens is 400 g/mol. The summed E-state index contributed by atoms with van der Waals surface area (Å²) < 4.78 is 27.3. The summed E-state index contributed by atoms with van der Waals surface area (Å²) in [5.74, 6) is -0.208. The molecule has 0 aromatic carbocycles. The molecule has 144 valence electrons. The Bertz CT molecular complexity index is 789. The molecular formula is C15H21ClN4O4S2. The first-order valence-corrected chi connectivity index (χ1v) is 11.1. The van der Waals surface area contributed by atoms with Crippen LogP contribution in [-0.4, -0.2) is 73.4 Å². The van der Waals surface area contributed by atoms with Crippen molar-refractivity contribution in [1.82, 2.24) is 19.4 Å². The van der Waals surface area contributed by atoms with Gasteiger partial charge in [-0.05, 0) is 18.6 Å². The Labute approximate surface area is 161 Å². The highest BCUT2D eigenvalue weighted by molar-refractivity contribution is 7.91. The van der Waals surface area contributed by atoms with E-state index in [0.29, 0.717) is 36.9 Å². The Balaban J connectivity index is 1.57. The quantitative estimate of drug-likeness (QED) is 0.702. The number of hydrogen-bond donors (Lipinski definition) is 1. The van der Waals surface area contributed by atoms with Gasteiger partial charge in [-0.15, -0.1) is 11.3 Å². The minimum Gasteiger partial charge on any atom is -0.326 e. The highest BCUT2D eigenvalue weighted by Gasteiger charge is 2.39. The maximum Gasteiger partial charge on any atom is 0.325 e. The summed E-state index contributed by atoms with van der Waals surface area (Å²) in [5, 5.41) is 2.69. The first-order valence-electron chi connectivity index (χ1n) is 8.42. The van der Waals surface area contributed by atoms with E-state index in [1.807, 2.05) is 11.8 Å². The third-order valence-electron chi connectivity index (χ3n) is 4.50. The molecule has 0 bridgehead atoms. The molecule has 3 heterocycles. The van der Waals surface area contributed by atoms with Crippen LogP contribution in [0.5, 0.6) is 0 Å². The number of thiophene rings is 1. The molecule has 1 aromatic heterocycles. The normalized spacial score (nSPS) is 22.8. The van der Waals surface area contributed by atoms with Gasteiger partial charge < -0.3 is 5.32 Å². The standard InChI is InChI=1S/C15H21ClN4O4S2/c1-2-3-11-14(21)20(15(22)17-11)10-18-6-8-19(9-7-18)26(23,24)13-5-4-12(16)25-13/h4-5,11H,2-3,6-10H2,1H3,(H,17,22)/t11-/m0/s1. The predicted molar refractivity (Wildman–Crippen MR) is 98.6 cm³/mol. The van der Waals surface area contributed by atoms with Gasteiger partial charge in [0.25, 0.3) is 15.9 Å². The number of amides is 3. The zero-order valence-electron chi connectivity index (χ0n) is 14.4. The van der Waals surface area contributed by atoms with E-state index >= 15 is 0 Å². The fourth-order valence-corrected chi connectivity index (χ4v) is 6.13.